The number of quaternary nitrogens is 1. The van der Waals surface area contributed by atoms with Gasteiger partial charge in [0.25, 0.3) is 5.91 Å². The van der Waals surface area contributed by atoms with E-state index in [0.717, 1.165) is 26.2 Å². The van der Waals surface area contributed by atoms with Crippen LogP contribution in [-0.4, -0.2) is 74.9 Å². The zero-order valence-corrected chi connectivity index (χ0v) is 17.0. The van der Waals surface area contributed by atoms with Crippen LogP contribution >= 0.6 is 0 Å². The topological polar surface area (TPSA) is 59.2 Å². The van der Waals surface area contributed by atoms with E-state index < -0.39 is 11.2 Å². The fourth-order valence-electron chi connectivity index (χ4n) is 4.12. The Bertz CT molecular complexity index is 976. The third-order valence-electron chi connectivity index (χ3n) is 5.98. The number of anilines is 1. The normalized spacial score (nSPS) is 18.4. The summed E-state index contributed by atoms with van der Waals surface area (Å²) in [6.45, 7) is 7.83. The van der Waals surface area contributed by atoms with Gasteiger partial charge in [0.2, 0.25) is 5.43 Å². The lowest BCUT2D eigenvalue weighted by atomic mass is 10.1. The number of benzene rings is 1. The summed E-state index contributed by atoms with van der Waals surface area (Å²) in [7, 11) is 2.13. The van der Waals surface area contributed by atoms with E-state index in [9.17, 15) is 14.0 Å². The number of likely N-dealkylation sites (N-methyl/N-ethyl adjacent to an activating group) is 1. The van der Waals surface area contributed by atoms with E-state index in [1.807, 2.05) is 16.4 Å². The quantitative estimate of drug-likeness (QED) is 0.782. The molecule has 0 saturated carbocycles. The molecule has 0 atom stereocenters. The van der Waals surface area contributed by atoms with Gasteiger partial charge < -0.3 is 24.0 Å². The number of ether oxygens (including phenoxy) is 1. The smallest absolute Gasteiger partial charge is 0.259 e. The number of aromatic nitrogens is 1. The predicted octanol–water partition coefficient (Wildman–Crippen LogP) is -0.0324. The first-order valence-corrected chi connectivity index (χ1v) is 10.3. The van der Waals surface area contributed by atoms with Gasteiger partial charge in [-0.2, -0.15) is 0 Å². The van der Waals surface area contributed by atoms with Gasteiger partial charge in [-0.1, -0.05) is 0 Å². The second-order valence-electron chi connectivity index (χ2n) is 7.83. The van der Waals surface area contributed by atoms with Crippen LogP contribution in [0.2, 0.25) is 0 Å². The van der Waals surface area contributed by atoms with E-state index in [1.54, 1.807) is 17.2 Å². The van der Waals surface area contributed by atoms with E-state index in [0.29, 0.717) is 44.1 Å². The van der Waals surface area contributed by atoms with Gasteiger partial charge in [-0.3, -0.25) is 9.59 Å². The Balaban J connectivity index is 1.78. The minimum Gasteiger partial charge on any atom is -0.378 e. The number of nitrogens with one attached hydrogen (secondary N) is 1. The molecule has 4 rings (SSSR count). The van der Waals surface area contributed by atoms with Crippen molar-refractivity contribution in [3.63, 3.8) is 0 Å². The molecule has 156 valence electrons. The van der Waals surface area contributed by atoms with Crippen LogP contribution in [-0.2, 0) is 11.3 Å². The van der Waals surface area contributed by atoms with Gasteiger partial charge >= 0.3 is 0 Å². The number of fused-ring (bicyclic) bond motifs is 1. The number of hydrogen-bond donors (Lipinski definition) is 1. The lowest BCUT2D eigenvalue weighted by Crippen LogP contribution is -3.12. The second kappa shape index (κ2) is 8.12. The molecule has 1 aromatic carbocycles. The number of carbonyl (C=O) groups excluding carboxylic acids is 1. The summed E-state index contributed by atoms with van der Waals surface area (Å²) in [5.74, 6) is -0.721. The van der Waals surface area contributed by atoms with Crippen LogP contribution in [0.4, 0.5) is 10.1 Å². The Morgan fingerprint density at radius 2 is 1.86 bits per heavy atom. The molecule has 0 bridgehead atoms. The average Bonchev–Trinajstić information content (AvgIpc) is 2.75. The Hall–Kier alpha value is -2.45. The van der Waals surface area contributed by atoms with Crippen molar-refractivity contribution in [1.29, 1.82) is 0 Å². The van der Waals surface area contributed by atoms with Crippen molar-refractivity contribution in [2.75, 3.05) is 64.4 Å². The minimum atomic E-state index is -0.409. The van der Waals surface area contributed by atoms with Crippen molar-refractivity contribution >= 4 is 22.5 Å². The molecule has 0 radical (unpaired) electrons. The van der Waals surface area contributed by atoms with Gasteiger partial charge in [0, 0.05) is 31.2 Å². The highest BCUT2D eigenvalue weighted by atomic mass is 19.1. The zero-order chi connectivity index (χ0) is 20.5. The number of rotatable bonds is 3. The number of halogens is 1. The molecule has 2 aliphatic heterocycles. The maximum absolute atomic E-state index is 15.0. The van der Waals surface area contributed by atoms with Gasteiger partial charge in [0.05, 0.1) is 57.6 Å². The number of carbonyl (C=O) groups is 1. The average molecular weight is 403 g/mol. The first-order valence-electron chi connectivity index (χ1n) is 10.3. The Labute approximate surface area is 169 Å². The maximum atomic E-state index is 15.0. The molecule has 8 heteroatoms. The summed E-state index contributed by atoms with van der Waals surface area (Å²) in [6.07, 6.45) is 1.62. The molecule has 2 aromatic rings. The molecule has 1 N–H and O–H groups in total. The Morgan fingerprint density at radius 3 is 2.52 bits per heavy atom. The van der Waals surface area contributed by atoms with Crippen LogP contribution in [0.25, 0.3) is 10.9 Å². The number of amides is 1. The lowest BCUT2D eigenvalue weighted by Gasteiger charge is -2.32. The van der Waals surface area contributed by atoms with E-state index in [1.165, 1.54) is 11.0 Å². The Kier molecular flexibility index (Phi) is 5.56. The van der Waals surface area contributed by atoms with Crippen molar-refractivity contribution in [3.8, 4) is 0 Å². The SMILES string of the molecule is CCn1cc(C(=O)N2CCOCC2)c(=O)c2cc(F)c(N3CC[NH+](C)CC3)cc21. The highest BCUT2D eigenvalue weighted by Gasteiger charge is 2.25. The molecule has 3 heterocycles. The van der Waals surface area contributed by atoms with Crippen molar-refractivity contribution < 1.29 is 18.8 Å². The van der Waals surface area contributed by atoms with Crippen LogP contribution in [0.3, 0.4) is 0 Å². The Morgan fingerprint density at radius 1 is 1.17 bits per heavy atom. The molecule has 29 heavy (non-hydrogen) atoms. The number of piperazine rings is 1. The van der Waals surface area contributed by atoms with Crippen LogP contribution in [0, 0.1) is 5.82 Å². The number of pyridine rings is 1. The lowest BCUT2D eigenvalue weighted by molar-refractivity contribution is -0.880. The first-order chi connectivity index (χ1) is 14.0. The second-order valence-corrected chi connectivity index (χ2v) is 7.83. The summed E-state index contributed by atoms with van der Waals surface area (Å²) < 4.78 is 22.2. The van der Waals surface area contributed by atoms with Crippen molar-refractivity contribution in [1.82, 2.24) is 9.47 Å². The minimum absolute atomic E-state index is 0.0941. The van der Waals surface area contributed by atoms with Crippen LogP contribution in [0.15, 0.2) is 23.1 Å². The molecule has 0 aliphatic carbocycles. The van der Waals surface area contributed by atoms with Crippen LogP contribution < -0.4 is 15.2 Å². The highest BCUT2D eigenvalue weighted by molar-refractivity contribution is 5.98. The van der Waals surface area contributed by atoms with Gasteiger partial charge in [-0.25, -0.2) is 4.39 Å². The third kappa shape index (κ3) is 3.74. The summed E-state index contributed by atoms with van der Waals surface area (Å²) in [5.41, 5.74) is 0.878. The maximum Gasteiger partial charge on any atom is 0.259 e. The third-order valence-corrected chi connectivity index (χ3v) is 5.98. The highest BCUT2D eigenvalue weighted by Crippen LogP contribution is 2.25. The number of nitrogens with zero attached hydrogens (tertiary/aromatic N) is 3. The molecule has 7 nitrogen and oxygen atoms in total. The van der Waals surface area contributed by atoms with Gasteiger partial charge in [0.15, 0.2) is 0 Å². The molecule has 2 aliphatic rings. The first kappa shape index (κ1) is 19.8. The van der Waals surface area contributed by atoms with Crippen molar-refractivity contribution in [3.05, 3.63) is 39.9 Å². The molecular formula is C21H28FN4O3+. The molecular weight excluding hydrogens is 375 g/mol. The number of hydrogen-bond acceptors (Lipinski definition) is 4. The fraction of sp³-hybridized carbons (Fsp3) is 0.524. The fourth-order valence-corrected chi connectivity index (χ4v) is 4.12. The van der Waals surface area contributed by atoms with Gasteiger partial charge in [-0.15, -0.1) is 0 Å². The molecule has 1 amide bonds. The van der Waals surface area contributed by atoms with Crippen molar-refractivity contribution in [2.24, 2.45) is 0 Å². The van der Waals surface area contributed by atoms with Gasteiger partial charge in [-0.05, 0) is 19.1 Å². The molecule has 1 aromatic heterocycles. The summed E-state index contributed by atoms with van der Waals surface area (Å²) in [4.78, 5) is 31.1. The monoisotopic (exact) mass is 403 g/mol. The number of aryl methyl sites for hydroxylation is 1. The van der Waals surface area contributed by atoms with Crippen LogP contribution in [0.5, 0.6) is 0 Å². The largest absolute Gasteiger partial charge is 0.378 e. The number of morpholine rings is 1. The van der Waals surface area contributed by atoms with E-state index >= 15 is 0 Å². The van der Waals surface area contributed by atoms with Crippen molar-refractivity contribution in [2.45, 2.75) is 13.5 Å². The summed E-state index contributed by atoms with van der Waals surface area (Å²) in [6, 6.07) is 3.07. The zero-order valence-electron chi connectivity index (χ0n) is 17.0. The predicted molar refractivity (Wildman–Crippen MR) is 109 cm³/mol. The molecule has 0 spiro atoms. The summed E-state index contributed by atoms with van der Waals surface area (Å²) in [5, 5.41) is 0.256. The van der Waals surface area contributed by atoms with Crippen LogP contribution in [0.1, 0.15) is 17.3 Å². The van der Waals surface area contributed by atoms with E-state index in [2.05, 4.69) is 7.05 Å². The molecule has 0 unspecified atom stereocenters. The molecule has 2 fully saturated rings. The van der Waals surface area contributed by atoms with E-state index in [-0.39, 0.29) is 16.9 Å². The summed E-state index contributed by atoms with van der Waals surface area (Å²) >= 11 is 0. The molecule has 2 saturated heterocycles. The van der Waals surface area contributed by atoms with Gasteiger partial charge in [0.1, 0.15) is 11.4 Å². The van der Waals surface area contributed by atoms with E-state index in [4.69, 9.17) is 4.74 Å². The standard InChI is InChI=1S/C21H27FN4O3/c1-3-24-14-16(21(28)26-8-10-29-11-9-26)20(27)15-12-17(22)19(13-18(15)24)25-6-4-23(2)5-7-25/h12-14H,3-11H2,1-2H3/p+1.